The van der Waals surface area contributed by atoms with E-state index in [0.717, 1.165) is 0 Å². The third kappa shape index (κ3) is 3.22. The second-order valence-corrected chi connectivity index (χ2v) is 2.86. The number of nitrogens with one attached hydrogen (secondary N) is 1. The summed E-state index contributed by atoms with van der Waals surface area (Å²) >= 11 is 0. The van der Waals surface area contributed by atoms with Gasteiger partial charge in [0.2, 0.25) is 0 Å². The molecule has 0 spiro atoms. The molecular weight excluding hydrogens is 180 g/mol. The van der Waals surface area contributed by atoms with Crippen molar-refractivity contribution < 1.29 is 4.79 Å². The lowest BCUT2D eigenvalue weighted by molar-refractivity contribution is 0.0950. The molecular formula is C9H12N4O. The van der Waals surface area contributed by atoms with Crippen LogP contribution in [0.4, 0.5) is 0 Å². The molecule has 0 fully saturated rings. The van der Waals surface area contributed by atoms with Gasteiger partial charge in [-0.15, -0.1) is 0 Å². The zero-order chi connectivity index (χ0) is 10.4. The first-order chi connectivity index (χ1) is 6.70. The maximum Gasteiger partial charge on any atom is 0.289 e. The quantitative estimate of drug-likeness (QED) is 0.426. The molecule has 74 valence electrons. The predicted octanol–water partition coefficient (Wildman–Crippen LogP) is 0.316. The number of rotatable bonds is 3. The van der Waals surface area contributed by atoms with Crippen molar-refractivity contribution in [1.29, 1.82) is 0 Å². The first kappa shape index (κ1) is 10.2. The summed E-state index contributed by atoms with van der Waals surface area (Å²) < 4.78 is 0. The third-order valence-electron chi connectivity index (χ3n) is 1.35. The third-order valence-corrected chi connectivity index (χ3v) is 1.35. The molecule has 0 aromatic carbocycles. The van der Waals surface area contributed by atoms with Crippen LogP contribution in [-0.2, 0) is 0 Å². The summed E-state index contributed by atoms with van der Waals surface area (Å²) in [6, 6.07) is 5.12. The van der Waals surface area contributed by atoms with Gasteiger partial charge in [0.05, 0.1) is 0 Å². The van der Waals surface area contributed by atoms with Crippen molar-refractivity contribution in [3.05, 3.63) is 30.1 Å². The topological polar surface area (TPSA) is 57.6 Å². The number of hydrazone groups is 1. The Bertz CT molecular complexity index is 321. The van der Waals surface area contributed by atoms with E-state index < -0.39 is 0 Å². The number of carbonyl (C=O) groups is 1. The molecule has 0 radical (unpaired) electrons. The van der Waals surface area contributed by atoms with Crippen LogP contribution < -0.4 is 5.43 Å². The molecule has 0 aliphatic heterocycles. The van der Waals surface area contributed by atoms with Crippen LogP contribution in [0.25, 0.3) is 0 Å². The fourth-order valence-electron chi connectivity index (χ4n) is 0.757. The van der Waals surface area contributed by atoms with E-state index in [0.29, 0.717) is 5.69 Å². The lowest BCUT2D eigenvalue weighted by Crippen LogP contribution is -2.21. The minimum Gasteiger partial charge on any atom is -0.367 e. The van der Waals surface area contributed by atoms with E-state index in [1.165, 1.54) is 6.34 Å². The van der Waals surface area contributed by atoms with Crippen LogP contribution in [0.1, 0.15) is 10.5 Å². The zero-order valence-electron chi connectivity index (χ0n) is 8.14. The largest absolute Gasteiger partial charge is 0.367 e. The van der Waals surface area contributed by atoms with E-state index in [9.17, 15) is 4.79 Å². The van der Waals surface area contributed by atoms with Crippen molar-refractivity contribution in [2.45, 2.75) is 0 Å². The molecule has 0 atom stereocenters. The Morgan fingerprint density at radius 3 is 2.93 bits per heavy atom. The Labute approximate surface area is 82.4 Å². The Kier molecular flexibility index (Phi) is 3.60. The summed E-state index contributed by atoms with van der Waals surface area (Å²) in [7, 11) is 3.63. The van der Waals surface area contributed by atoms with Gasteiger partial charge in [-0.05, 0) is 12.1 Å². The molecule has 0 unspecified atom stereocenters. The molecule has 0 saturated carbocycles. The van der Waals surface area contributed by atoms with Crippen molar-refractivity contribution in [3.8, 4) is 0 Å². The predicted molar refractivity (Wildman–Crippen MR) is 53.9 cm³/mol. The van der Waals surface area contributed by atoms with E-state index in [2.05, 4.69) is 15.5 Å². The normalized spacial score (nSPS) is 10.1. The summed E-state index contributed by atoms with van der Waals surface area (Å²) in [6.45, 7) is 0. The summed E-state index contributed by atoms with van der Waals surface area (Å²) in [6.07, 6.45) is 3.06. The Morgan fingerprint density at radius 2 is 2.36 bits per heavy atom. The standard InChI is InChI=1S/C9H12N4O/c1-13(2)7-11-12-9(14)8-5-3-4-6-10-8/h3-7H,1-2H3,(H,12,14). The number of amides is 1. The fraction of sp³-hybridized carbons (Fsp3) is 0.222. The van der Waals surface area contributed by atoms with Crippen LogP contribution in [0.15, 0.2) is 29.5 Å². The van der Waals surface area contributed by atoms with E-state index in [4.69, 9.17) is 0 Å². The maximum absolute atomic E-state index is 11.3. The van der Waals surface area contributed by atoms with Gasteiger partial charge in [-0.2, -0.15) is 5.10 Å². The van der Waals surface area contributed by atoms with Crippen LogP contribution in [-0.4, -0.2) is 36.2 Å². The highest BCUT2D eigenvalue weighted by Crippen LogP contribution is 1.91. The molecule has 1 aromatic heterocycles. The molecule has 0 aliphatic rings. The minimum atomic E-state index is -0.316. The highest BCUT2D eigenvalue weighted by atomic mass is 16.2. The Morgan fingerprint density at radius 1 is 1.57 bits per heavy atom. The molecule has 5 heteroatoms. The van der Waals surface area contributed by atoms with E-state index >= 15 is 0 Å². The molecule has 14 heavy (non-hydrogen) atoms. The lowest BCUT2D eigenvalue weighted by atomic mass is 10.3. The highest BCUT2D eigenvalue weighted by molar-refractivity contribution is 5.92. The molecule has 0 aliphatic carbocycles. The zero-order valence-corrected chi connectivity index (χ0v) is 8.14. The summed E-state index contributed by atoms with van der Waals surface area (Å²) in [5.74, 6) is -0.316. The summed E-state index contributed by atoms with van der Waals surface area (Å²) in [5, 5.41) is 3.71. The van der Waals surface area contributed by atoms with E-state index in [-0.39, 0.29) is 5.91 Å². The number of pyridine rings is 1. The van der Waals surface area contributed by atoms with E-state index in [1.54, 1.807) is 29.3 Å². The summed E-state index contributed by atoms with van der Waals surface area (Å²) in [4.78, 5) is 16.9. The van der Waals surface area contributed by atoms with Gasteiger partial charge < -0.3 is 4.90 Å². The fourth-order valence-corrected chi connectivity index (χ4v) is 0.757. The van der Waals surface area contributed by atoms with Crippen molar-refractivity contribution in [1.82, 2.24) is 15.3 Å². The maximum atomic E-state index is 11.3. The Hall–Kier alpha value is -1.91. The van der Waals surface area contributed by atoms with E-state index in [1.807, 2.05) is 14.1 Å². The highest BCUT2D eigenvalue weighted by Gasteiger charge is 2.02. The van der Waals surface area contributed by atoms with Gasteiger partial charge in [0.25, 0.3) is 5.91 Å². The second-order valence-electron chi connectivity index (χ2n) is 2.86. The molecule has 1 rings (SSSR count). The number of nitrogens with zero attached hydrogens (tertiary/aromatic N) is 3. The van der Waals surface area contributed by atoms with Gasteiger partial charge in [0.1, 0.15) is 12.0 Å². The number of aromatic nitrogens is 1. The first-order valence-corrected chi connectivity index (χ1v) is 4.11. The second kappa shape index (κ2) is 4.96. The average molecular weight is 192 g/mol. The minimum absolute atomic E-state index is 0.316. The SMILES string of the molecule is CN(C)C=NNC(=O)c1ccccn1. The first-order valence-electron chi connectivity index (χ1n) is 4.11. The molecule has 1 heterocycles. The lowest BCUT2D eigenvalue weighted by Gasteiger charge is -2.02. The van der Waals surface area contributed by atoms with Gasteiger partial charge in [-0.1, -0.05) is 6.07 Å². The van der Waals surface area contributed by atoms with Crippen LogP contribution in [0.5, 0.6) is 0 Å². The van der Waals surface area contributed by atoms with Crippen molar-refractivity contribution in [2.75, 3.05) is 14.1 Å². The molecule has 1 aromatic rings. The van der Waals surface area contributed by atoms with Gasteiger partial charge >= 0.3 is 0 Å². The molecule has 1 N–H and O–H groups in total. The van der Waals surface area contributed by atoms with Crippen molar-refractivity contribution in [3.63, 3.8) is 0 Å². The van der Waals surface area contributed by atoms with Crippen molar-refractivity contribution in [2.24, 2.45) is 5.10 Å². The Balaban J connectivity index is 2.52. The number of hydrogen-bond donors (Lipinski definition) is 1. The van der Waals surface area contributed by atoms with Gasteiger partial charge in [0.15, 0.2) is 0 Å². The monoisotopic (exact) mass is 192 g/mol. The average Bonchev–Trinajstić information content (AvgIpc) is 2.18. The molecule has 1 amide bonds. The number of hydrogen-bond acceptors (Lipinski definition) is 3. The van der Waals surface area contributed by atoms with Gasteiger partial charge in [-0.3, -0.25) is 9.78 Å². The number of carbonyl (C=O) groups excluding carboxylic acids is 1. The van der Waals surface area contributed by atoms with Gasteiger partial charge in [0, 0.05) is 20.3 Å². The van der Waals surface area contributed by atoms with Crippen LogP contribution in [0, 0.1) is 0 Å². The van der Waals surface area contributed by atoms with Crippen LogP contribution >= 0.6 is 0 Å². The smallest absolute Gasteiger partial charge is 0.289 e. The van der Waals surface area contributed by atoms with Crippen LogP contribution in [0.3, 0.4) is 0 Å². The van der Waals surface area contributed by atoms with Crippen LogP contribution in [0.2, 0.25) is 0 Å². The molecule has 5 nitrogen and oxygen atoms in total. The van der Waals surface area contributed by atoms with Gasteiger partial charge in [-0.25, -0.2) is 5.43 Å². The molecule has 0 saturated heterocycles. The van der Waals surface area contributed by atoms with Crippen molar-refractivity contribution >= 4 is 12.2 Å². The summed E-state index contributed by atoms with van der Waals surface area (Å²) in [5.41, 5.74) is 2.71. The molecule has 0 bridgehead atoms.